The van der Waals surface area contributed by atoms with E-state index in [0.29, 0.717) is 18.8 Å². The largest absolute Gasteiger partial charge is 0.479 e. The molecule has 0 aliphatic carbocycles. The Hall–Kier alpha value is -2.54. The molecule has 0 fully saturated rings. The number of benzene rings is 1. The van der Waals surface area contributed by atoms with Crippen LogP contribution in [0.3, 0.4) is 0 Å². The van der Waals surface area contributed by atoms with Crippen molar-refractivity contribution in [3.63, 3.8) is 0 Å². The van der Waals surface area contributed by atoms with Crippen molar-refractivity contribution in [3.8, 4) is 16.9 Å². The predicted octanol–water partition coefficient (Wildman–Crippen LogP) is 3.59. The van der Waals surface area contributed by atoms with Crippen LogP contribution in [0.15, 0.2) is 29.1 Å². The summed E-state index contributed by atoms with van der Waals surface area (Å²) >= 11 is 6.46. The Kier molecular flexibility index (Phi) is 4.57. The van der Waals surface area contributed by atoms with Crippen LogP contribution in [0.5, 0.6) is 5.75 Å². The van der Waals surface area contributed by atoms with Crippen LogP contribution < -0.4 is 15.2 Å². The van der Waals surface area contributed by atoms with E-state index in [1.165, 1.54) is 17.0 Å². The Morgan fingerprint density at radius 3 is 2.61 bits per heavy atom. The Morgan fingerprint density at radius 2 is 1.96 bits per heavy atom. The molecule has 3 heterocycles. The van der Waals surface area contributed by atoms with Gasteiger partial charge in [0.2, 0.25) is 0 Å². The molecular formula is C20H21ClFN3O3. The summed E-state index contributed by atoms with van der Waals surface area (Å²) in [7, 11) is 0. The van der Waals surface area contributed by atoms with E-state index in [-0.39, 0.29) is 40.0 Å². The fourth-order valence-corrected chi connectivity index (χ4v) is 4.16. The van der Waals surface area contributed by atoms with E-state index < -0.39 is 11.9 Å². The first-order chi connectivity index (χ1) is 13.3. The van der Waals surface area contributed by atoms with E-state index in [1.807, 2.05) is 6.92 Å². The maximum absolute atomic E-state index is 15.0. The third-order valence-corrected chi connectivity index (χ3v) is 5.50. The van der Waals surface area contributed by atoms with Crippen molar-refractivity contribution >= 4 is 23.2 Å². The van der Waals surface area contributed by atoms with Crippen molar-refractivity contribution in [1.82, 2.24) is 9.36 Å². The molecule has 0 spiro atoms. The first-order valence-electron chi connectivity index (χ1n) is 9.25. The Labute approximate surface area is 166 Å². The summed E-state index contributed by atoms with van der Waals surface area (Å²) in [6.07, 6.45) is 1.05. The molecule has 28 heavy (non-hydrogen) atoms. The van der Waals surface area contributed by atoms with E-state index in [9.17, 15) is 14.0 Å². The minimum atomic E-state index is -0.729. The van der Waals surface area contributed by atoms with Gasteiger partial charge in [-0.05, 0) is 32.8 Å². The molecule has 1 atom stereocenters. The average molecular weight is 406 g/mol. The lowest BCUT2D eigenvalue weighted by Gasteiger charge is -2.33. The number of hydrogen-bond donors (Lipinski definition) is 0. The van der Waals surface area contributed by atoms with Gasteiger partial charge in [0.1, 0.15) is 16.7 Å². The van der Waals surface area contributed by atoms with Gasteiger partial charge in [-0.15, -0.1) is 0 Å². The monoisotopic (exact) mass is 405 g/mol. The second-order valence-electron chi connectivity index (χ2n) is 7.37. The van der Waals surface area contributed by atoms with Gasteiger partial charge < -0.3 is 9.64 Å². The maximum Gasteiger partial charge on any atom is 0.276 e. The van der Waals surface area contributed by atoms with Gasteiger partial charge in [-0.25, -0.2) is 9.07 Å². The van der Waals surface area contributed by atoms with Crippen LogP contribution in [0.25, 0.3) is 11.1 Å². The number of carbonyl (C=O) groups excluding carboxylic acids is 1. The highest BCUT2D eigenvalue weighted by molar-refractivity contribution is 6.32. The Balaban J connectivity index is 1.91. The van der Waals surface area contributed by atoms with Gasteiger partial charge in [0, 0.05) is 31.3 Å². The SMILES string of the molecule is C=C(C)CN1C(=O)C(C)Oc2cc(F)c(-c3c(Cl)n4n(c3=O)CCCC4)cc21. The van der Waals surface area contributed by atoms with Gasteiger partial charge in [-0.1, -0.05) is 23.8 Å². The molecule has 2 aromatic rings. The number of hydrogen-bond acceptors (Lipinski definition) is 3. The summed E-state index contributed by atoms with van der Waals surface area (Å²) in [5.74, 6) is -0.597. The second-order valence-corrected chi connectivity index (χ2v) is 7.72. The van der Waals surface area contributed by atoms with E-state index in [1.54, 1.807) is 16.3 Å². The summed E-state index contributed by atoms with van der Waals surface area (Å²) in [5, 5.41) is 0.214. The van der Waals surface area contributed by atoms with Crippen LogP contribution in [0.1, 0.15) is 26.7 Å². The molecule has 0 N–H and O–H groups in total. The van der Waals surface area contributed by atoms with Crippen molar-refractivity contribution in [1.29, 1.82) is 0 Å². The van der Waals surface area contributed by atoms with Crippen LogP contribution in [0.2, 0.25) is 5.15 Å². The first-order valence-corrected chi connectivity index (χ1v) is 9.62. The summed E-state index contributed by atoms with van der Waals surface area (Å²) in [6, 6.07) is 2.70. The van der Waals surface area contributed by atoms with Crippen molar-refractivity contribution in [2.24, 2.45) is 0 Å². The molecule has 148 valence electrons. The van der Waals surface area contributed by atoms with Gasteiger partial charge in [0.25, 0.3) is 11.5 Å². The van der Waals surface area contributed by atoms with Gasteiger partial charge in [0.05, 0.1) is 11.3 Å². The number of fused-ring (bicyclic) bond motifs is 2. The molecule has 0 saturated carbocycles. The summed E-state index contributed by atoms with van der Waals surface area (Å²) in [5.41, 5.74) is 1.04. The highest BCUT2D eigenvalue weighted by atomic mass is 35.5. The molecule has 1 unspecified atom stereocenters. The topological polar surface area (TPSA) is 56.5 Å². The van der Waals surface area contributed by atoms with Gasteiger partial charge in [-0.3, -0.25) is 14.3 Å². The molecule has 6 nitrogen and oxygen atoms in total. The highest BCUT2D eigenvalue weighted by Gasteiger charge is 2.34. The minimum absolute atomic E-state index is 0.0702. The zero-order valence-corrected chi connectivity index (χ0v) is 16.6. The molecule has 2 aliphatic heterocycles. The molecular weight excluding hydrogens is 385 g/mol. The van der Waals surface area contributed by atoms with E-state index >= 15 is 0 Å². The number of anilines is 1. The number of ether oxygens (including phenoxy) is 1. The van der Waals surface area contributed by atoms with E-state index in [0.717, 1.165) is 18.4 Å². The summed E-state index contributed by atoms with van der Waals surface area (Å²) in [4.78, 5) is 27.0. The summed E-state index contributed by atoms with van der Waals surface area (Å²) in [6.45, 7) is 8.73. The normalized spacial score (nSPS) is 18.5. The quantitative estimate of drug-likeness (QED) is 0.733. The third kappa shape index (κ3) is 2.85. The smallest absolute Gasteiger partial charge is 0.276 e. The first kappa shape index (κ1) is 18.8. The number of aromatic nitrogens is 2. The van der Waals surface area contributed by atoms with Crippen LogP contribution in [0.4, 0.5) is 10.1 Å². The Bertz CT molecular complexity index is 1060. The molecule has 2 aliphatic rings. The average Bonchev–Trinajstić information content (AvgIpc) is 2.90. The molecule has 1 amide bonds. The van der Waals surface area contributed by atoms with Gasteiger partial charge in [-0.2, -0.15) is 0 Å². The number of amides is 1. The van der Waals surface area contributed by atoms with Crippen LogP contribution in [0, 0.1) is 5.82 Å². The Morgan fingerprint density at radius 1 is 1.29 bits per heavy atom. The lowest BCUT2D eigenvalue weighted by molar-refractivity contribution is -0.125. The van der Waals surface area contributed by atoms with Crippen LogP contribution in [-0.4, -0.2) is 27.9 Å². The second kappa shape index (κ2) is 6.81. The molecule has 8 heteroatoms. The highest BCUT2D eigenvalue weighted by Crippen LogP contribution is 2.40. The standard InChI is InChI=1S/C20H21ClFN3O3/c1-11(2)10-23-15-8-13(14(22)9-16(15)28-12(3)19(23)26)17-18(21)24-6-4-5-7-25(24)20(17)27/h8-9,12H,1,4-7,10H2,2-3H3. The zero-order valence-electron chi connectivity index (χ0n) is 15.8. The molecule has 0 bridgehead atoms. The van der Waals surface area contributed by atoms with E-state index in [4.69, 9.17) is 16.3 Å². The van der Waals surface area contributed by atoms with E-state index in [2.05, 4.69) is 6.58 Å². The summed E-state index contributed by atoms with van der Waals surface area (Å²) < 4.78 is 23.8. The van der Waals surface area contributed by atoms with Gasteiger partial charge in [0.15, 0.2) is 6.10 Å². The molecule has 1 aromatic carbocycles. The molecule has 1 aromatic heterocycles. The van der Waals surface area contributed by atoms with Crippen molar-refractivity contribution in [2.75, 3.05) is 11.4 Å². The number of nitrogens with zero attached hydrogens (tertiary/aromatic N) is 3. The lowest BCUT2D eigenvalue weighted by atomic mass is 10.0. The number of halogens is 2. The van der Waals surface area contributed by atoms with Crippen molar-refractivity contribution in [3.05, 3.63) is 45.6 Å². The third-order valence-electron chi connectivity index (χ3n) is 5.12. The molecule has 4 rings (SSSR count). The van der Waals surface area contributed by atoms with Crippen LogP contribution >= 0.6 is 11.6 Å². The molecule has 0 radical (unpaired) electrons. The predicted molar refractivity (Wildman–Crippen MR) is 106 cm³/mol. The fraction of sp³-hybridized carbons (Fsp3) is 0.400. The van der Waals surface area contributed by atoms with Crippen molar-refractivity contribution < 1.29 is 13.9 Å². The number of carbonyl (C=O) groups is 1. The number of rotatable bonds is 3. The minimum Gasteiger partial charge on any atom is -0.479 e. The lowest BCUT2D eigenvalue weighted by Crippen LogP contribution is -2.45. The molecule has 0 saturated heterocycles. The fourth-order valence-electron chi connectivity index (χ4n) is 3.81. The zero-order chi connectivity index (χ0) is 20.2. The van der Waals surface area contributed by atoms with Gasteiger partial charge >= 0.3 is 0 Å². The van der Waals surface area contributed by atoms with Crippen molar-refractivity contribution in [2.45, 2.75) is 45.9 Å². The maximum atomic E-state index is 15.0. The van der Waals surface area contributed by atoms with Crippen LogP contribution in [-0.2, 0) is 17.9 Å².